The van der Waals surface area contributed by atoms with E-state index >= 15 is 0 Å². The lowest BCUT2D eigenvalue weighted by atomic mass is 9.87. The van der Waals surface area contributed by atoms with Crippen molar-refractivity contribution < 1.29 is 23.8 Å². The number of nitrogens with one attached hydrogen (secondary N) is 1. The molecule has 0 saturated carbocycles. The van der Waals surface area contributed by atoms with Crippen molar-refractivity contribution in [3.05, 3.63) is 54.1 Å². The van der Waals surface area contributed by atoms with Crippen LogP contribution in [0.4, 0.5) is 5.69 Å². The van der Waals surface area contributed by atoms with Gasteiger partial charge < -0.3 is 19.5 Å². The largest absolute Gasteiger partial charge is 0.495 e. The van der Waals surface area contributed by atoms with Crippen LogP contribution in [0.2, 0.25) is 0 Å². The Morgan fingerprint density at radius 2 is 1.63 bits per heavy atom. The van der Waals surface area contributed by atoms with Gasteiger partial charge in [0.25, 0.3) is 5.91 Å². The van der Waals surface area contributed by atoms with Crippen LogP contribution < -0.4 is 14.8 Å². The zero-order valence-corrected chi connectivity index (χ0v) is 16.1. The van der Waals surface area contributed by atoms with Gasteiger partial charge in [0.15, 0.2) is 13.2 Å². The van der Waals surface area contributed by atoms with E-state index in [4.69, 9.17) is 14.2 Å². The second-order valence-electron chi connectivity index (χ2n) is 6.97. The van der Waals surface area contributed by atoms with Gasteiger partial charge >= 0.3 is 5.97 Å². The molecule has 1 N–H and O–H groups in total. The van der Waals surface area contributed by atoms with Crippen molar-refractivity contribution in [3.63, 3.8) is 0 Å². The standard InChI is InChI=1S/C21H25NO5/c1-21(2,3)15-9-11-16(12-10-15)26-14-20(24)27-13-19(23)22-17-7-5-6-8-18(17)25-4/h5-12H,13-14H2,1-4H3,(H,22,23). The monoisotopic (exact) mass is 371 g/mol. The molecule has 0 bridgehead atoms. The predicted octanol–water partition coefficient (Wildman–Crippen LogP) is 3.55. The molecule has 1 amide bonds. The van der Waals surface area contributed by atoms with Crippen molar-refractivity contribution in [1.29, 1.82) is 0 Å². The molecule has 2 rings (SSSR count). The highest BCUT2D eigenvalue weighted by Gasteiger charge is 2.14. The maximum Gasteiger partial charge on any atom is 0.344 e. The summed E-state index contributed by atoms with van der Waals surface area (Å²) in [5.74, 6) is 0.0186. The van der Waals surface area contributed by atoms with E-state index in [2.05, 4.69) is 26.1 Å². The van der Waals surface area contributed by atoms with Crippen LogP contribution in [0, 0.1) is 0 Å². The van der Waals surface area contributed by atoms with Gasteiger partial charge in [-0.3, -0.25) is 4.79 Å². The third kappa shape index (κ3) is 6.33. The highest BCUT2D eigenvalue weighted by molar-refractivity contribution is 5.94. The lowest BCUT2D eigenvalue weighted by molar-refractivity contribution is -0.149. The molecule has 0 aliphatic carbocycles. The smallest absolute Gasteiger partial charge is 0.344 e. The number of rotatable bonds is 7. The summed E-state index contributed by atoms with van der Waals surface area (Å²) in [4.78, 5) is 23.7. The molecule has 2 aromatic carbocycles. The molecule has 0 heterocycles. The van der Waals surface area contributed by atoms with Gasteiger partial charge in [-0.1, -0.05) is 45.0 Å². The minimum atomic E-state index is -0.620. The van der Waals surface area contributed by atoms with Gasteiger partial charge in [0.2, 0.25) is 0 Å². The Kier molecular flexibility index (Phi) is 6.82. The van der Waals surface area contributed by atoms with E-state index in [0.29, 0.717) is 17.2 Å². The summed E-state index contributed by atoms with van der Waals surface area (Å²) in [6.45, 7) is 5.70. The molecule has 2 aromatic rings. The topological polar surface area (TPSA) is 73.9 Å². The number of para-hydroxylation sites is 2. The van der Waals surface area contributed by atoms with E-state index in [1.807, 2.05) is 24.3 Å². The molecule has 0 radical (unpaired) electrons. The van der Waals surface area contributed by atoms with E-state index in [9.17, 15) is 9.59 Å². The van der Waals surface area contributed by atoms with E-state index < -0.39 is 18.5 Å². The fourth-order valence-electron chi connectivity index (χ4n) is 2.32. The molecule has 0 aliphatic heterocycles. The van der Waals surface area contributed by atoms with Crippen molar-refractivity contribution in [1.82, 2.24) is 0 Å². The second kappa shape index (κ2) is 9.07. The van der Waals surface area contributed by atoms with Gasteiger partial charge in [-0.2, -0.15) is 0 Å². The molecule has 27 heavy (non-hydrogen) atoms. The number of methoxy groups -OCH3 is 1. The predicted molar refractivity (Wildman–Crippen MR) is 103 cm³/mol. The van der Waals surface area contributed by atoms with Crippen LogP contribution in [-0.2, 0) is 19.7 Å². The first kappa shape index (κ1) is 20.3. The van der Waals surface area contributed by atoms with Crippen LogP contribution in [0.1, 0.15) is 26.3 Å². The van der Waals surface area contributed by atoms with Crippen molar-refractivity contribution in [2.75, 3.05) is 25.6 Å². The molecule has 0 spiro atoms. The summed E-state index contributed by atoms with van der Waals surface area (Å²) in [6.07, 6.45) is 0. The maximum atomic E-state index is 11.9. The quantitative estimate of drug-likeness (QED) is 0.754. The van der Waals surface area contributed by atoms with E-state index in [0.717, 1.165) is 0 Å². The molecule has 144 valence electrons. The molecule has 0 atom stereocenters. The van der Waals surface area contributed by atoms with Crippen LogP contribution >= 0.6 is 0 Å². The highest BCUT2D eigenvalue weighted by atomic mass is 16.6. The van der Waals surface area contributed by atoms with Gasteiger partial charge in [-0.05, 0) is 35.2 Å². The highest BCUT2D eigenvalue weighted by Crippen LogP contribution is 2.24. The van der Waals surface area contributed by atoms with Crippen molar-refractivity contribution >= 4 is 17.6 Å². The van der Waals surface area contributed by atoms with Gasteiger partial charge in [0.1, 0.15) is 11.5 Å². The minimum absolute atomic E-state index is 0.0479. The van der Waals surface area contributed by atoms with Crippen molar-refractivity contribution in [2.45, 2.75) is 26.2 Å². The number of amides is 1. The first-order valence-corrected chi connectivity index (χ1v) is 8.61. The Labute approximate surface area is 159 Å². The van der Waals surface area contributed by atoms with Crippen LogP contribution in [0.25, 0.3) is 0 Å². The molecule has 0 saturated heterocycles. The number of benzene rings is 2. The Hall–Kier alpha value is -3.02. The Morgan fingerprint density at radius 1 is 0.963 bits per heavy atom. The normalized spacial score (nSPS) is 10.8. The van der Waals surface area contributed by atoms with Gasteiger partial charge in [-0.25, -0.2) is 4.79 Å². The maximum absolute atomic E-state index is 11.9. The van der Waals surface area contributed by atoms with Crippen LogP contribution in [0.5, 0.6) is 11.5 Å². The molecular weight excluding hydrogens is 346 g/mol. The van der Waals surface area contributed by atoms with E-state index in [1.54, 1.807) is 24.3 Å². The van der Waals surface area contributed by atoms with E-state index in [-0.39, 0.29) is 12.0 Å². The number of carbonyl (C=O) groups excluding carboxylic acids is 2. The average molecular weight is 371 g/mol. The Morgan fingerprint density at radius 3 is 2.26 bits per heavy atom. The number of carbonyl (C=O) groups is 2. The summed E-state index contributed by atoms with van der Waals surface area (Å²) in [5, 5.41) is 2.63. The summed E-state index contributed by atoms with van der Waals surface area (Å²) in [6, 6.07) is 14.5. The first-order chi connectivity index (χ1) is 12.8. The molecule has 0 fully saturated rings. The number of hydrogen-bond donors (Lipinski definition) is 1. The van der Waals surface area contributed by atoms with Gasteiger partial charge in [0, 0.05) is 0 Å². The third-order valence-electron chi connectivity index (χ3n) is 3.82. The Balaban J connectivity index is 1.76. The van der Waals surface area contributed by atoms with Gasteiger partial charge in [-0.15, -0.1) is 0 Å². The summed E-state index contributed by atoms with van der Waals surface area (Å²) < 4.78 is 15.5. The molecule has 6 heteroatoms. The SMILES string of the molecule is COc1ccccc1NC(=O)COC(=O)COc1ccc(C(C)(C)C)cc1. The first-order valence-electron chi connectivity index (χ1n) is 8.61. The average Bonchev–Trinajstić information content (AvgIpc) is 2.64. The van der Waals surface area contributed by atoms with Crippen LogP contribution in [-0.4, -0.2) is 32.2 Å². The lowest BCUT2D eigenvalue weighted by Gasteiger charge is -2.19. The van der Waals surface area contributed by atoms with E-state index in [1.165, 1.54) is 12.7 Å². The Bertz CT molecular complexity index is 778. The lowest BCUT2D eigenvalue weighted by Crippen LogP contribution is -2.23. The molecule has 0 aromatic heterocycles. The number of esters is 1. The molecule has 6 nitrogen and oxygen atoms in total. The number of anilines is 1. The minimum Gasteiger partial charge on any atom is -0.495 e. The molecule has 0 aliphatic rings. The second-order valence-corrected chi connectivity index (χ2v) is 6.97. The molecule has 0 unspecified atom stereocenters. The summed E-state index contributed by atoms with van der Waals surface area (Å²) >= 11 is 0. The van der Waals surface area contributed by atoms with Gasteiger partial charge in [0.05, 0.1) is 12.8 Å². The van der Waals surface area contributed by atoms with Crippen LogP contribution in [0.15, 0.2) is 48.5 Å². The zero-order valence-electron chi connectivity index (χ0n) is 16.1. The van der Waals surface area contributed by atoms with Crippen molar-refractivity contribution in [3.8, 4) is 11.5 Å². The zero-order chi connectivity index (χ0) is 19.9. The van der Waals surface area contributed by atoms with Crippen molar-refractivity contribution in [2.24, 2.45) is 0 Å². The fourth-order valence-corrected chi connectivity index (χ4v) is 2.32. The number of ether oxygens (including phenoxy) is 3. The third-order valence-corrected chi connectivity index (χ3v) is 3.82. The summed E-state index contributed by atoms with van der Waals surface area (Å²) in [7, 11) is 1.51. The summed E-state index contributed by atoms with van der Waals surface area (Å²) in [5.41, 5.74) is 1.73. The fraction of sp³-hybridized carbons (Fsp3) is 0.333. The van der Waals surface area contributed by atoms with Crippen LogP contribution in [0.3, 0.4) is 0 Å². The molecular formula is C21H25NO5. The number of hydrogen-bond acceptors (Lipinski definition) is 5.